The quantitative estimate of drug-likeness (QED) is 0.265. The smallest absolute Gasteiger partial charge is 0.256 e. The molecule has 0 aliphatic carbocycles. The van der Waals surface area contributed by atoms with Crippen molar-refractivity contribution in [2.45, 2.75) is 0 Å². The van der Waals surface area contributed by atoms with E-state index in [-0.39, 0.29) is 17.6 Å². The van der Waals surface area contributed by atoms with Gasteiger partial charge in [-0.05, 0) is 12.1 Å². The zero-order valence-corrected chi connectivity index (χ0v) is 9.16. The van der Waals surface area contributed by atoms with Crippen LogP contribution in [-0.2, 0) is 0 Å². The summed E-state index contributed by atoms with van der Waals surface area (Å²) in [5.74, 6) is -0.241. The molecule has 2 aromatic heterocycles. The van der Waals surface area contributed by atoms with Crippen LogP contribution in [0.1, 0.15) is 15.9 Å². The van der Waals surface area contributed by atoms with Crippen molar-refractivity contribution in [3.8, 4) is 0 Å². The van der Waals surface area contributed by atoms with Gasteiger partial charge in [0.05, 0.1) is 11.8 Å². The van der Waals surface area contributed by atoms with Gasteiger partial charge in [0.25, 0.3) is 5.91 Å². The Balaban J connectivity index is 2.21. The number of pyridine rings is 1. The summed E-state index contributed by atoms with van der Waals surface area (Å²) >= 11 is 0. The number of carbonyl (C=O) groups is 1. The van der Waals surface area contributed by atoms with Crippen molar-refractivity contribution in [3.63, 3.8) is 0 Å². The second-order valence-electron chi connectivity index (χ2n) is 3.33. The summed E-state index contributed by atoms with van der Waals surface area (Å²) in [6.45, 7) is 0. The number of hydrogen-bond acceptors (Lipinski definition) is 5. The maximum absolute atomic E-state index is 11.8. The van der Waals surface area contributed by atoms with Crippen LogP contribution in [0.5, 0.6) is 0 Å². The molecule has 92 valence electrons. The molecule has 0 saturated heterocycles. The summed E-state index contributed by atoms with van der Waals surface area (Å²) in [5.41, 5.74) is 6.17. The van der Waals surface area contributed by atoms with Gasteiger partial charge in [-0.3, -0.25) is 14.9 Å². The van der Waals surface area contributed by atoms with E-state index in [1.807, 2.05) is 0 Å². The third kappa shape index (κ3) is 2.26. The van der Waals surface area contributed by atoms with E-state index in [9.17, 15) is 4.79 Å². The first kappa shape index (κ1) is 11.6. The molecule has 0 aliphatic rings. The van der Waals surface area contributed by atoms with E-state index in [0.717, 1.165) is 0 Å². The molecule has 0 bridgehead atoms. The predicted octanol–water partition coefficient (Wildman–Crippen LogP) is 0.151. The molecule has 1 amide bonds. The van der Waals surface area contributed by atoms with Gasteiger partial charge in [-0.1, -0.05) is 5.16 Å². The summed E-state index contributed by atoms with van der Waals surface area (Å²) in [6.07, 6.45) is 4.36. The number of H-pyrrole nitrogens is 1. The van der Waals surface area contributed by atoms with Gasteiger partial charge in [0.15, 0.2) is 5.84 Å². The lowest BCUT2D eigenvalue weighted by Gasteiger charge is -2.04. The number of aromatic amines is 1. The summed E-state index contributed by atoms with van der Waals surface area (Å²) in [5, 5.41) is 20.3. The van der Waals surface area contributed by atoms with Crippen LogP contribution in [0.3, 0.4) is 0 Å². The molecule has 8 heteroatoms. The van der Waals surface area contributed by atoms with E-state index in [1.165, 1.54) is 18.6 Å². The fourth-order valence-corrected chi connectivity index (χ4v) is 1.32. The lowest BCUT2D eigenvalue weighted by Crippen LogP contribution is -2.18. The van der Waals surface area contributed by atoms with Crippen molar-refractivity contribution in [3.05, 3.63) is 41.9 Å². The fourth-order valence-electron chi connectivity index (χ4n) is 1.32. The van der Waals surface area contributed by atoms with E-state index in [4.69, 9.17) is 10.9 Å². The Morgan fingerprint density at radius 3 is 2.83 bits per heavy atom. The normalized spacial score (nSPS) is 11.2. The number of nitrogens with zero attached hydrogens (tertiary/aromatic N) is 3. The van der Waals surface area contributed by atoms with E-state index < -0.39 is 0 Å². The number of oxime groups is 1. The largest absolute Gasteiger partial charge is 0.409 e. The van der Waals surface area contributed by atoms with E-state index >= 15 is 0 Å². The number of carbonyl (C=O) groups excluding carboxylic acids is 1. The van der Waals surface area contributed by atoms with E-state index in [0.29, 0.717) is 11.1 Å². The van der Waals surface area contributed by atoms with Crippen LogP contribution in [0.15, 0.2) is 35.9 Å². The number of aromatic nitrogens is 3. The minimum Gasteiger partial charge on any atom is -0.409 e. The summed E-state index contributed by atoms with van der Waals surface area (Å²) in [4.78, 5) is 15.7. The highest BCUT2D eigenvalue weighted by molar-refractivity contribution is 6.08. The van der Waals surface area contributed by atoms with Gasteiger partial charge in [0, 0.05) is 18.0 Å². The van der Waals surface area contributed by atoms with Gasteiger partial charge in [-0.15, -0.1) is 0 Å². The molecule has 0 atom stereocenters. The third-order valence-corrected chi connectivity index (χ3v) is 2.20. The fraction of sp³-hybridized carbons (Fsp3) is 0. The summed E-state index contributed by atoms with van der Waals surface area (Å²) in [7, 11) is 0. The third-order valence-electron chi connectivity index (χ3n) is 2.20. The van der Waals surface area contributed by atoms with Crippen LogP contribution < -0.4 is 11.1 Å². The van der Waals surface area contributed by atoms with Crippen molar-refractivity contribution in [2.24, 2.45) is 10.9 Å². The molecule has 0 unspecified atom stereocenters. The first-order valence-electron chi connectivity index (χ1n) is 4.95. The van der Waals surface area contributed by atoms with Crippen molar-refractivity contribution in [1.82, 2.24) is 15.2 Å². The second-order valence-corrected chi connectivity index (χ2v) is 3.33. The SMILES string of the molecule is NC(=NO)c1cn[nH]c1NC(=O)c1ccncc1. The Morgan fingerprint density at radius 2 is 2.17 bits per heavy atom. The Morgan fingerprint density at radius 1 is 1.44 bits per heavy atom. The Labute approximate surface area is 102 Å². The van der Waals surface area contributed by atoms with Crippen LogP contribution >= 0.6 is 0 Å². The highest BCUT2D eigenvalue weighted by Crippen LogP contribution is 2.11. The number of nitrogens with two attached hydrogens (primary N) is 1. The number of rotatable bonds is 3. The van der Waals surface area contributed by atoms with Crippen LogP contribution in [0.4, 0.5) is 5.82 Å². The zero-order valence-electron chi connectivity index (χ0n) is 9.16. The maximum Gasteiger partial charge on any atom is 0.256 e. The van der Waals surface area contributed by atoms with Crippen LogP contribution in [-0.4, -0.2) is 32.1 Å². The number of amidine groups is 1. The van der Waals surface area contributed by atoms with Crippen molar-refractivity contribution >= 4 is 17.6 Å². The van der Waals surface area contributed by atoms with Crippen LogP contribution in [0, 0.1) is 0 Å². The highest BCUT2D eigenvalue weighted by Gasteiger charge is 2.13. The average molecular weight is 246 g/mol. The molecule has 5 N–H and O–H groups in total. The highest BCUT2D eigenvalue weighted by atomic mass is 16.4. The van der Waals surface area contributed by atoms with Gasteiger partial charge in [0.1, 0.15) is 5.82 Å². The zero-order chi connectivity index (χ0) is 13.0. The molecular formula is C10H10N6O2. The van der Waals surface area contributed by atoms with Crippen molar-refractivity contribution < 1.29 is 10.0 Å². The predicted molar refractivity (Wildman–Crippen MR) is 63.3 cm³/mol. The molecule has 8 nitrogen and oxygen atoms in total. The lowest BCUT2D eigenvalue weighted by molar-refractivity contribution is 0.102. The second kappa shape index (κ2) is 4.95. The lowest BCUT2D eigenvalue weighted by atomic mass is 10.2. The number of amides is 1. The molecule has 18 heavy (non-hydrogen) atoms. The minimum absolute atomic E-state index is 0.145. The average Bonchev–Trinajstić information content (AvgIpc) is 2.87. The van der Waals surface area contributed by atoms with Crippen LogP contribution in [0.25, 0.3) is 0 Å². The molecule has 0 aliphatic heterocycles. The standard InChI is InChI=1S/C10H10N6O2/c11-8(16-18)7-5-13-15-9(7)14-10(17)6-1-3-12-4-2-6/h1-5,18H,(H2,11,16)(H2,13,14,15,17). The minimum atomic E-state index is -0.353. The molecule has 0 radical (unpaired) electrons. The molecule has 0 fully saturated rings. The Bertz CT molecular complexity index is 577. The number of nitrogens with one attached hydrogen (secondary N) is 2. The Kier molecular flexibility index (Phi) is 3.19. The van der Waals surface area contributed by atoms with E-state index in [2.05, 4.69) is 25.7 Å². The topological polar surface area (TPSA) is 129 Å². The van der Waals surface area contributed by atoms with Crippen molar-refractivity contribution in [2.75, 3.05) is 5.32 Å². The Hall–Kier alpha value is -2.90. The van der Waals surface area contributed by atoms with Crippen LogP contribution in [0.2, 0.25) is 0 Å². The number of hydrogen-bond donors (Lipinski definition) is 4. The van der Waals surface area contributed by atoms with Gasteiger partial charge in [-0.25, -0.2) is 0 Å². The van der Waals surface area contributed by atoms with Gasteiger partial charge in [0.2, 0.25) is 0 Å². The molecular weight excluding hydrogens is 236 g/mol. The van der Waals surface area contributed by atoms with Gasteiger partial charge < -0.3 is 16.3 Å². The van der Waals surface area contributed by atoms with Gasteiger partial charge in [-0.2, -0.15) is 5.10 Å². The molecule has 0 aromatic carbocycles. The first-order valence-corrected chi connectivity index (χ1v) is 4.95. The summed E-state index contributed by atoms with van der Waals surface area (Å²) < 4.78 is 0. The molecule has 0 spiro atoms. The first-order chi connectivity index (χ1) is 8.72. The molecule has 0 saturated carbocycles. The number of anilines is 1. The van der Waals surface area contributed by atoms with Crippen molar-refractivity contribution in [1.29, 1.82) is 0 Å². The molecule has 2 rings (SSSR count). The monoisotopic (exact) mass is 246 g/mol. The van der Waals surface area contributed by atoms with E-state index in [1.54, 1.807) is 12.1 Å². The van der Waals surface area contributed by atoms with Gasteiger partial charge >= 0.3 is 0 Å². The molecule has 2 aromatic rings. The molecule has 2 heterocycles. The maximum atomic E-state index is 11.8. The summed E-state index contributed by atoms with van der Waals surface area (Å²) in [6, 6.07) is 3.13.